The molecule has 116 valence electrons. The van der Waals surface area contributed by atoms with Gasteiger partial charge in [0.2, 0.25) is 5.91 Å². The molecule has 2 heterocycles. The van der Waals surface area contributed by atoms with E-state index in [1.54, 1.807) is 35.9 Å². The minimum Gasteiger partial charge on any atom is -0.325 e. The second-order valence-corrected chi connectivity index (χ2v) is 7.02. The van der Waals surface area contributed by atoms with E-state index in [1.165, 1.54) is 17.3 Å². The van der Waals surface area contributed by atoms with E-state index in [0.717, 1.165) is 21.3 Å². The predicted octanol–water partition coefficient (Wildman–Crippen LogP) is 4.24. The number of pyridine rings is 1. The Morgan fingerprint density at radius 2 is 1.91 bits per heavy atom. The molecule has 2 aromatic heterocycles. The van der Waals surface area contributed by atoms with E-state index in [1.807, 2.05) is 5.38 Å². The minimum atomic E-state index is -0.0479. The fraction of sp³-hybridized carbons (Fsp3) is 0.118. The van der Waals surface area contributed by atoms with Gasteiger partial charge in [-0.2, -0.15) is 0 Å². The van der Waals surface area contributed by atoms with Gasteiger partial charge in [0.25, 0.3) is 0 Å². The average Bonchev–Trinajstić information content (AvgIpc) is 3.04. The highest BCUT2D eigenvalue weighted by Crippen LogP contribution is 2.28. The summed E-state index contributed by atoms with van der Waals surface area (Å²) < 4.78 is 0.894. The molecule has 0 saturated heterocycles. The third kappa shape index (κ3) is 4.40. The number of nitrogens with zero attached hydrogens (tertiary/aromatic N) is 2. The summed E-state index contributed by atoms with van der Waals surface area (Å²) in [6.45, 7) is 2.06. The average molecular weight is 341 g/mol. The van der Waals surface area contributed by atoms with Gasteiger partial charge in [0.15, 0.2) is 4.34 Å². The number of thiazole rings is 1. The van der Waals surface area contributed by atoms with E-state index in [0.29, 0.717) is 5.75 Å². The second kappa shape index (κ2) is 7.39. The maximum atomic E-state index is 11.9. The number of hydrogen-bond donors (Lipinski definition) is 1. The van der Waals surface area contributed by atoms with Crippen LogP contribution in [0.1, 0.15) is 5.56 Å². The topological polar surface area (TPSA) is 54.9 Å². The molecular formula is C17H15N3OS2. The lowest BCUT2D eigenvalue weighted by Gasteiger charge is -2.03. The van der Waals surface area contributed by atoms with E-state index < -0.39 is 0 Å². The van der Waals surface area contributed by atoms with E-state index in [9.17, 15) is 4.79 Å². The second-order valence-electron chi connectivity index (χ2n) is 4.94. The van der Waals surface area contributed by atoms with Gasteiger partial charge in [-0.15, -0.1) is 11.3 Å². The number of hydrogen-bond acceptors (Lipinski definition) is 5. The van der Waals surface area contributed by atoms with Gasteiger partial charge in [-0.1, -0.05) is 41.6 Å². The van der Waals surface area contributed by atoms with Crippen molar-refractivity contribution in [3.05, 3.63) is 59.7 Å². The Bertz CT molecular complexity index is 785. The van der Waals surface area contributed by atoms with E-state index in [-0.39, 0.29) is 5.91 Å². The summed E-state index contributed by atoms with van der Waals surface area (Å²) >= 11 is 3.00. The lowest BCUT2D eigenvalue weighted by molar-refractivity contribution is -0.113. The van der Waals surface area contributed by atoms with E-state index in [4.69, 9.17) is 0 Å². The zero-order chi connectivity index (χ0) is 16.1. The molecule has 0 aliphatic heterocycles. The van der Waals surface area contributed by atoms with Crippen molar-refractivity contribution >= 4 is 34.7 Å². The van der Waals surface area contributed by atoms with Crippen LogP contribution in [-0.2, 0) is 4.79 Å². The molecule has 4 nitrogen and oxygen atoms in total. The molecule has 0 unspecified atom stereocenters. The van der Waals surface area contributed by atoms with Gasteiger partial charge in [0.05, 0.1) is 11.4 Å². The van der Waals surface area contributed by atoms with Crippen LogP contribution in [0.4, 0.5) is 5.69 Å². The Morgan fingerprint density at radius 3 is 2.65 bits per heavy atom. The minimum absolute atomic E-state index is 0.0479. The van der Waals surface area contributed by atoms with Crippen molar-refractivity contribution < 1.29 is 4.79 Å². The number of aryl methyl sites for hydroxylation is 1. The number of anilines is 1. The van der Waals surface area contributed by atoms with Crippen LogP contribution in [0.5, 0.6) is 0 Å². The normalized spacial score (nSPS) is 10.5. The summed E-state index contributed by atoms with van der Waals surface area (Å²) in [5.74, 6) is 0.289. The zero-order valence-electron chi connectivity index (χ0n) is 12.5. The van der Waals surface area contributed by atoms with Crippen molar-refractivity contribution in [3.8, 4) is 11.3 Å². The van der Waals surface area contributed by atoms with Crippen molar-refractivity contribution in [3.63, 3.8) is 0 Å². The van der Waals surface area contributed by atoms with Crippen LogP contribution in [0.25, 0.3) is 11.3 Å². The Kier molecular flexibility index (Phi) is 5.05. The van der Waals surface area contributed by atoms with E-state index >= 15 is 0 Å². The number of carbonyl (C=O) groups excluding carboxylic acids is 1. The molecular weight excluding hydrogens is 326 g/mol. The Morgan fingerprint density at radius 1 is 1.17 bits per heavy atom. The molecule has 23 heavy (non-hydrogen) atoms. The maximum absolute atomic E-state index is 11.9. The highest BCUT2D eigenvalue weighted by Gasteiger charge is 2.08. The zero-order valence-corrected chi connectivity index (χ0v) is 14.2. The highest BCUT2D eigenvalue weighted by molar-refractivity contribution is 8.01. The summed E-state index contributed by atoms with van der Waals surface area (Å²) in [5, 5.41) is 4.86. The van der Waals surface area contributed by atoms with Crippen LogP contribution in [-0.4, -0.2) is 21.6 Å². The Hall–Kier alpha value is -2.18. The fourth-order valence-corrected chi connectivity index (χ4v) is 3.58. The van der Waals surface area contributed by atoms with Gasteiger partial charge in [-0.05, 0) is 19.1 Å². The highest BCUT2D eigenvalue weighted by atomic mass is 32.2. The third-order valence-electron chi connectivity index (χ3n) is 3.12. The smallest absolute Gasteiger partial charge is 0.234 e. The summed E-state index contributed by atoms with van der Waals surface area (Å²) in [6, 6.07) is 11.8. The molecule has 0 aliphatic rings. The van der Waals surface area contributed by atoms with Crippen molar-refractivity contribution in [1.82, 2.24) is 9.97 Å². The van der Waals surface area contributed by atoms with Gasteiger partial charge >= 0.3 is 0 Å². The van der Waals surface area contributed by atoms with Crippen LogP contribution in [0.3, 0.4) is 0 Å². The monoisotopic (exact) mass is 341 g/mol. The molecule has 6 heteroatoms. The van der Waals surface area contributed by atoms with Gasteiger partial charge < -0.3 is 5.32 Å². The summed E-state index contributed by atoms with van der Waals surface area (Å²) in [5.41, 5.74) is 4.03. The maximum Gasteiger partial charge on any atom is 0.234 e. The number of amides is 1. The van der Waals surface area contributed by atoms with Crippen LogP contribution in [0, 0.1) is 6.92 Å². The predicted molar refractivity (Wildman–Crippen MR) is 95.9 cm³/mol. The lowest BCUT2D eigenvalue weighted by atomic mass is 10.1. The standard InChI is InChI=1S/C17H15N3OS2/c1-12-2-4-13(5-3-12)15-10-22-17(20-15)23-11-16(21)19-14-6-8-18-9-7-14/h2-10H,11H2,1H3,(H,18,19,21). The molecule has 0 radical (unpaired) electrons. The molecule has 3 rings (SSSR count). The molecule has 1 N–H and O–H groups in total. The first-order chi connectivity index (χ1) is 11.2. The molecule has 0 aliphatic carbocycles. The molecule has 0 fully saturated rings. The van der Waals surface area contributed by atoms with Crippen LogP contribution >= 0.6 is 23.1 Å². The fourth-order valence-electron chi connectivity index (χ4n) is 1.94. The largest absolute Gasteiger partial charge is 0.325 e. The first-order valence-electron chi connectivity index (χ1n) is 7.06. The number of nitrogens with one attached hydrogen (secondary N) is 1. The molecule has 1 aromatic carbocycles. The molecule has 0 bridgehead atoms. The third-order valence-corrected chi connectivity index (χ3v) is 5.14. The van der Waals surface area contributed by atoms with Crippen molar-refractivity contribution in [2.24, 2.45) is 0 Å². The molecule has 0 saturated carbocycles. The first-order valence-corrected chi connectivity index (χ1v) is 8.92. The molecule has 0 spiro atoms. The van der Waals surface area contributed by atoms with Crippen molar-refractivity contribution in [1.29, 1.82) is 0 Å². The van der Waals surface area contributed by atoms with Crippen molar-refractivity contribution in [2.45, 2.75) is 11.3 Å². The van der Waals surface area contributed by atoms with Crippen LogP contribution in [0.2, 0.25) is 0 Å². The summed E-state index contributed by atoms with van der Waals surface area (Å²) in [4.78, 5) is 20.4. The van der Waals surface area contributed by atoms with Gasteiger partial charge in [-0.25, -0.2) is 4.98 Å². The molecule has 1 amide bonds. The van der Waals surface area contributed by atoms with Crippen LogP contribution < -0.4 is 5.32 Å². The summed E-state index contributed by atoms with van der Waals surface area (Å²) in [6.07, 6.45) is 3.30. The molecule has 3 aromatic rings. The quantitative estimate of drug-likeness (QED) is 0.705. The number of benzene rings is 1. The van der Waals surface area contributed by atoms with Gasteiger partial charge in [0.1, 0.15) is 0 Å². The number of aromatic nitrogens is 2. The van der Waals surface area contributed by atoms with Gasteiger partial charge in [-0.3, -0.25) is 9.78 Å². The van der Waals surface area contributed by atoms with Gasteiger partial charge in [0, 0.05) is 29.0 Å². The van der Waals surface area contributed by atoms with Crippen LogP contribution in [0.15, 0.2) is 58.5 Å². The molecule has 0 atom stereocenters. The Labute approximate surface area is 143 Å². The van der Waals surface area contributed by atoms with E-state index in [2.05, 4.69) is 46.5 Å². The summed E-state index contributed by atoms with van der Waals surface area (Å²) in [7, 11) is 0. The SMILES string of the molecule is Cc1ccc(-c2csc(SCC(=O)Nc3ccncc3)n2)cc1. The number of thioether (sulfide) groups is 1. The lowest BCUT2D eigenvalue weighted by Crippen LogP contribution is -2.13. The first kappa shape index (κ1) is 15.7. The van der Waals surface area contributed by atoms with Crippen molar-refractivity contribution in [2.75, 3.05) is 11.1 Å². The number of carbonyl (C=O) groups is 1. The Balaban J connectivity index is 1.57. The number of rotatable bonds is 5.